The van der Waals surface area contributed by atoms with E-state index in [1.54, 1.807) is 11.1 Å². The predicted molar refractivity (Wildman–Crippen MR) is 95.3 cm³/mol. The summed E-state index contributed by atoms with van der Waals surface area (Å²) in [5, 5.41) is 0. The molecule has 0 aromatic heterocycles. The van der Waals surface area contributed by atoms with Gasteiger partial charge in [0.2, 0.25) is 0 Å². The Kier molecular flexibility index (Phi) is 3.92. The Hall–Kier alpha value is -0.980. The van der Waals surface area contributed by atoms with Crippen molar-refractivity contribution in [1.82, 2.24) is 0 Å². The SMILES string of the molecule is C[SiH](C)[Zr]([CH]1C=Cc2ccccc21)[CH]1C=Cc2ccccc21. The normalized spacial score (nSPS) is 21.2. The van der Waals surface area contributed by atoms with Crippen LogP contribution in [0.2, 0.25) is 13.1 Å². The van der Waals surface area contributed by atoms with Gasteiger partial charge in [0, 0.05) is 0 Å². The van der Waals surface area contributed by atoms with Crippen molar-refractivity contribution in [1.29, 1.82) is 0 Å². The summed E-state index contributed by atoms with van der Waals surface area (Å²) >= 11 is -1.62. The summed E-state index contributed by atoms with van der Waals surface area (Å²) in [6.07, 6.45) is 9.84. The standard InChI is InChI=1S/2C9H7.C2H7Si.Zr/c2*1-2-5-9-7-3-6-8(9)4-1;1-3-2;/h2*1-7H;3H,1-2H3;. The van der Waals surface area contributed by atoms with Crippen LogP contribution in [0.3, 0.4) is 0 Å². The quantitative estimate of drug-likeness (QED) is 0.648. The first-order valence-corrected chi connectivity index (χ1v) is 18.1. The first-order valence-electron chi connectivity index (χ1n) is 8.16. The molecule has 0 radical (unpaired) electrons. The topological polar surface area (TPSA) is 0 Å². The Bertz CT molecular complexity index is 698. The summed E-state index contributed by atoms with van der Waals surface area (Å²) in [6, 6.07) is 18.1. The molecule has 0 amide bonds. The molecule has 0 spiro atoms. The van der Waals surface area contributed by atoms with Crippen LogP contribution < -0.4 is 0 Å². The minimum absolute atomic E-state index is 0.615. The van der Waals surface area contributed by atoms with Crippen LogP contribution in [0, 0.1) is 0 Å². The summed E-state index contributed by atoms with van der Waals surface area (Å²) in [6.45, 7) is 5.19. The molecule has 0 bridgehead atoms. The van der Waals surface area contributed by atoms with Gasteiger partial charge in [-0.15, -0.1) is 0 Å². The van der Waals surface area contributed by atoms with Crippen LogP contribution in [0.15, 0.2) is 60.7 Å². The fraction of sp³-hybridized carbons (Fsp3) is 0.200. The molecule has 0 nitrogen and oxygen atoms in total. The molecule has 2 heteroatoms. The molecule has 0 aliphatic heterocycles. The molecule has 0 heterocycles. The van der Waals surface area contributed by atoms with Crippen LogP contribution in [0.4, 0.5) is 0 Å². The van der Waals surface area contributed by atoms with Crippen molar-refractivity contribution in [2.45, 2.75) is 20.3 Å². The zero-order valence-corrected chi connectivity index (χ0v) is 16.8. The second kappa shape index (κ2) is 5.91. The molecule has 2 aromatic rings. The zero-order chi connectivity index (χ0) is 15.1. The average Bonchev–Trinajstić information content (AvgIpc) is 3.13. The van der Waals surface area contributed by atoms with E-state index in [9.17, 15) is 0 Å². The van der Waals surface area contributed by atoms with Crippen LogP contribution in [-0.4, -0.2) is 5.92 Å². The third kappa shape index (κ3) is 2.37. The second-order valence-corrected chi connectivity index (χ2v) is 26.9. The van der Waals surface area contributed by atoms with Gasteiger partial charge in [-0.1, -0.05) is 0 Å². The van der Waals surface area contributed by atoms with E-state index in [4.69, 9.17) is 0 Å². The van der Waals surface area contributed by atoms with Crippen molar-refractivity contribution in [2.75, 3.05) is 0 Å². The van der Waals surface area contributed by atoms with Gasteiger partial charge in [-0.25, -0.2) is 0 Å². The molecular formula is C20H21SiZr. The van der Waals surface area contributed by atoms with Gasteiger partial charge in [0.15, 0.2) is 0 Å². The van der Waals surface area contributed by atoms with E-state index in [-0.39, 0.29) is 0 Å². The van der Waals surface area contributed by atoms with Gasteiger partial charge in [0.1, 0.15) is 0 Å². The molecule has 4 rings (SSSR count). The number of fused-ring (bicyclic) bond motifs is 2. The number of hydrogen-bond donors (Lipinski definition) is 0. The molecule has 0 N–H and O–H groups in total. The van der Waals surface area contributed by atoms with Gasteiger partial charge in [-0.3, -0.25) is 0 Å². The number of allylic oxidation sites excluding steroid dienone is 2. The van der Waals surface area contributed by atoms with Crippen molar-refractivity contribution in [3.63, 3.8) is 0 Å². The molecule has 2 aromatic carbocycles. The molecule has 0 fully saturated rings. The molecule has 109 valence electrons. The van der Waals surface area contributed by atoms with Crippen LogP contribution in [0.25, 0.3) is 12.2 Å². The van der Waals surface area contributed by atoms with Gasteiger partial charge in [-0.05, 0) is 0 Å². The Morgan fingerprint density at radius 2 is 1.18 bits per heavy atom. The van der Waals surface area contributed by atoms with E-state index in [2.05, 4.69) is 85.9 Å². The number of benzene rings is 2. The van der Waals surface area contributed by atoms with E-state index in [0.29, 0.717) is 0 Å². The molecule has 2 unspecified atom stereocenters. The van der Waals surface area contributed by atoms with Gasteiger partial charge in [0.05, 0.1) is 0 Å². The van der Waals surface area contributed by atoms with E-state index in [1.807, 2.05) is 0 Å². The molecule has 2 aliphatic rings. The second-order valence-electron chi connectivity index (χ2n) is 6.59. The molecule has 2 atom stereocenters. The third-order valence-electron chi connectivity index (χ3n) is 4.98. The number of rotatable bonds is 3. The molecule has 2 aliphatic carbocycles. The zero-order valence-electron chi connectivity index (χ0n) is 13.2. The van der Waals surface area contributed by atoms with Gasteiger partial charge in [-0.2, -0.15) is 0 Å². The minimum atomic E-state index is -1.62. The van der Waals surface area contributed by atoms with E-state index in [1.165, 1.54) is 11.1 Å². The maximum atomic E-state index is 2.60. The van der Waals surface area contributed by atoms with Crippen LogP contribution in [0.1, 0.15) is 29.5 Å². The average molecular weight is 381 g/mol. The Labute approximate surface area is 141 Å². The van der Waals surface area contributed by atoms with Crippen LogP contribution in [0.5, 0.6) is 0 Å². The Morgan fingerprint density at radius 3 is 1.64 bits per heavy atom. The Morgan fingerprint density at radius 1 is 0.727 bits per heavy atom. The van der Waals surface area contributed by atoms with Crippen molar-refractivity contribution >= 4 is 18.1 Å². The van der Waals surface area contributed by atoms with E-state index < -0.39 is 26.8 Å². The molecule has 0 saturated carbocycles. The van der Waals surface area contributed by atoms with Gasteiger partial charge in [0.25, 0.3) is 0 Å². The molecule has 22 heavy (non-hydrogen) atoms. The first kappa shape index (κ1) is 14.6. The van der Waals surface area contributed by atoms with Crippen molar-refractivity contribution in [3.05, 3.63) is 82.9 Å². The summed E-state index contributed by atoms with van der Waals surface area (Å²) in [7, 11) is 0. The monoisotopic (exact) mass is 379 g/mol. The van der Waals surface area contributed by atoms with Crippen molar-refractivity contribution in [2.24, 2.45) is 0 Å². The fourth-order valence-corrected chi connectivity index (χ4v) is 25.0. The van der Waals surface area contributed by atoms with Gasteiger partial charge < -0.3 is 0 Å². The summed E-state index contributed by atoms with van der Waals surface area (Å²) in [5.74, 6) is -0.615. The van der Waals surface area contributed by atoms with Crippen molar-refractivity contribution in [3.8, 4) is 0 Å². The fourth-order valence-electron chi connectivity index (χ4n) is 3.99. The van der Waals surface area contributed by atoms with Crippen molar-refractivity contribution < 1.29 is 20.9 Å². The Balaban J connectivity index is 1.76. The van der Waals surface area contributed by atoms with Crippen LogP contribution >= 0.6 is 0 Å². The third-order valence-corrected chi connectivity index (χ3v) is 26.4. The van der Waals surface area contributed by atoms with Gasteiger partial charge >= 0.3 is 142 Å². The van der Waals surface area contributed by atoms with Crippen LogP contribution in [-0.2, 0) is 20.9 Å². The maximum absolute atomic E-state index is 2.60. The first-order chi connectivity index (χ1) is 10.8. The predicted octanol–water partition coefficient (Wildman–Crippen LogP) is 5.12. The molecule has 0 saturated heterocycles. The summed E-state index contributed by atoms with van der Waals surface area (Å²) in [4.78, 5) is 0. The number of hydrogen-bond acceptors (Lipinski definition) is 0. The summed E-state index contributed by atoms with van der Waals surface area (Å²) < 4.78 is 1.57. The molecular weight excluding hydrogens is 360 g/mol. The van der Waals surface area contributed by atoms with E-state index in [0.717, 1.165) is 7.25 Å². The van der Waals surface area contributed by atoms with E-state index >= 15 is 0 Å². The summed E-state index contributed by atoms with van der Waals surface area (Å²) in [5.41, 5.74) is 6.18.